The Bertz CT molecular complexity index is 1270. The molecule has 206 valence electrons. The third kappa shape index (κ3) is 5.25. The molecule has 2 unspecified atom stereocenters. The van der Waals surface area contributed by atoms with Gasteiger partial charge in [-0.15, -0.1) is 0 Å². The molecule has 0 bridgehead atoms. The van der Waals surface area contributed by atoms with E-state index in [4.69, 9.17) is 0 Å². The number of halogens is 6. The van der Waals surface area contributed by atoms with Crippen molar-refractivity contribution in [1.82, 2.24) is 14.8 Å². The van der Waals surface area contributed by atoms with Crippen LogP contribution >= 0.6 is 0 Å². The third-order valence-corrected chi connectivity index (χ3v) is 7.88. The van der Waals surface area contributed by atoms with Gasteiger partial charge in [-0.1, -0.05) is 25.1 Å². The third-order valence-electron chi connectivity index (χ3n) is 7.88. The molecule has 1 fully saturated rings. The molecule has 2 aliphatic heterocycles. The monoisotopic (exact) mass is 538 g/mol. The number of anilines is 1. The maximum absolute atomic E-state index is 15.7. The Hall–Kier alpha value is -2.72. The van der Waals surface area contributed by atoms with Gasteiger partial charge in [0.2, 0.25) is 0 Å². The van der Waals surface area contributed by atoms with Crippen LogP contribution in [0.4, 0.5) is 32.0 Å². The van der Waals surface area contributed by atoms with Crippen molar-refractivity contribution in [2.45, 2.75) is 51.0 Å². The van der Waals surface area contributed by atoms with E-state index in [1.54, 1.807) is 13.0 Å². The summed E-state index contributed by atoms with van der Waals surface area (Å²) in [4.78, 5) is 6.41. The van der Waals surface area contributed by atoms with E-state index >= 15 is 8.78 Å². The fourth-order valence-electron chi connectivity index (χ4n) is 6.14. The number of para-hydroxylation sites is 1. The van der Waals surface area contributed by atoms with Crippen LogP contribution in [0.5, 0.6) is 0 Å². The van der Waals surface area contributed by atoms with Gasteiger partial charge in [0.15, 0.2) is 0 Å². The molecule has 3 aromatic rings. The van der Waals surface area contributed by atoms with E-state index in [0.717, 1.165) is 27.9 Å². The van der Waals surface area contributed by atoms with Crippen LogP contribution in [0.15, 0.2) is 36.4 Å². The first kappa shape index (κ1) is 26.9. The molecule has 0 radical (unpaired) electrons. The molecule has 4 nitrogen and oxygen atoms in total. The van der Waals surface area contributed by atoms with E-state index in [0.29, 0.717) is 31.6 Å². The van der Waals surface area contributed by atoms with Gasteiger partial charge in [-0.3, -0.25) is 9.29 Å². The maximum atomic E-state index is 15.7. The number of nitrogens with one attached hydrogen (secondary N) is 2. The summed E-state index contributed by atoms with van der Waals surface area (Å²) in [6, 6.07) is 7.71. The van der Waals surface area contributed by atoms with Crippen LogP contribution in [0.3, 0.4) is 0 Å². The zero-order valence-electron chi connectivity index (χ0n) is 21.4. The van der Waals surface area contributed by atoms with Gasteiger partial charge in [0, 0.05) is 59.6 Å². The van der Waals surface area contributed by atoms with E-state index in [-0.39, 0.29) is 17.6 Å². The normalized spacial score (nSPS) is 24.7. The summed E-state index contributed by atoms with van der Waals surface area (Å²) in [7, 11) is 0. The molecule has 2 aromatic carbocycles. The minimum atomic E-state index is -4.54. The van der Waals surface area contributed by atoms with Crippen molar-refractivity contribution in [3.63, 3.8) is 0 Å². The quantitative estimate of drug-likeness (QED) is 0.340. The molecule has 0 amide bonds. The molecule has 0 aliphatic carbocycles. The van der Waals surface area contributed by atoms with Crippen molar-refractivity contribution in [3.8, 4) is 0 Å². The van der Waals surface area contributed by atoms with E-state index in [2.05, 4.69) is 15.2 Å². The zero-order valence-corrected chi connectivity index (χ0v) is 21.4. The molecule has 0 spiro atoms. The molecule has 5 rings (SSSR count). The first-order valence-corrected chi connectivity index (χ1v) is 13.0. The molecule has 3 heterocycles. The summed E-state index contributed by atoms with van der Waals surface area (Å²) in [6.07, 6.45) is -3.79. The number of hydrogen-bond donors (Lipinski definition) is 2. The van der Waals surface area contributed by atoms with Gasteiger partial charge in [-0.25, -0.2) is 8.78 Å². The van der Waals surface area contributed by atoms with Gasteiger partial charge in [0.1, 0.15) is 11.6 Å². The van der Waals surface area contributed by atoms with Crippen LogP contribution in [0.1, 0.15) is 43.1 Å². The van der Waals surface area contributed by atoms with Gasteiger partial charge in [-0.2, -0.15) is 13.2 Å². The van der Waals surface area contributed by atoms with Crippen molar-refractivity contribution in [1.29, 1.82) is 0 Å². The second-order valence-corrected chi connectivity index (χ2v) is 10.7. The molecule has 10 heteroatoms. The van der Waals surface area contributed by atoms with Crippen molar-refractivity contribution < 1.29 is 26.3 Å². The molecule has 0 saturated carbocycles. The van der Waals surface area contributed by atoms with Gasteiger partial charge < -0.3 is 15.2 Å². The van der Waals surface area contributed by atoms with Crippen LogP contribution in [0.2, 0.25) is 0 Å². The Morgan fingerprint density at radius 3 is 2.45 bits per heavy atom. The number of aromatic nitrogens is 1. The number of H-pyrrole nitrogens is 1. The number of nitrogens with zero attached hydrogens (tertiary/aromatic N) is 2. The topological polar surface area (TPSA) is 34.3 Å². The first-order valence-electron chi connectivity index (χ1n) is 13.0. The predicted molar refractivity (Wildman–Crippen MR) is 136 cm³/mol. The number of aromatic amines is 1. The van der Waals surface area contributed by atoms with Crippen LogP contribution in [-0.4, -0.2) is 65.9 Å². The lowest BCUT2D eigenvalue weighted by atomic mass is 9.88. The summed E-state index contributed by atoms with van der Waals surface area (Å²) in [5.74, 6) is -1.62. The highest BCUT2D eigenvalue weighted by Crippen LogP contribution is 2.44. The second kappa shape index (κ2) is 10.4. The van der Waals surface area contributed by atoms with Gasteiger partial charge in [0.05, 0.1) is 19.3 Å². The van der Waals surface area contributed by atoms with E-state index in [1.807, 2.05) is 25.1 Å². The molecule has 4 atom stereocenters. The van der Waals surface area contributed by atoms with Crippen molar-refractivity contribution in [2.24, 2.45) is 5.92 Å². The van der Waals surface area contributed by atoms with Gasteiger partial charge in [-0.05, 0) is 49.4 Å². The number of alkyl halides is 4. The fraction of sp³-hybridized carbons (Fsp3) is 0.500. The second-order valence-electron chi connectivity index (χ2n) is 10.7. The zero-order chi connectivity index (χ0) is 27.2. The molecule has 1 aromatic heterocycles. The van der Waals surface area contributed by atoms with Gasteiger partial charge in [0.25, 0.3) is 0 Å². The SMILES string of the molecule is CC1CN(CCCF)CC1Nc1cc(F)c([C@H]2c3[nH]c4ccccc4c3C[C@@H](C)N2CC(F)(F)F)c(F)c1. The number of rotatable bonds is 7. The standard InChI is InChI=1S/C28H32F6N4/c1-16-13-37(9-5-8-29)14-24(16)35-18-11-21(30)25(22(31)12-18)27-26-20(19-6-3-4-7-23(19)36-26)10-17(2)38(27)15-28(32,33)34/h3-4,6-7,11-12,16-17,24,27,35-36H,5,8-10,13-15H2,1-2H3/t16?,17-,24?,27+/m1/s1. The van der Waals surface area contributed by atoms with E-state index in [1.165, 1.54) is 12.1 Å². The van der Waals surface area contributed by atoms with E-state index < -0.39 is 48.7 Å². The van der Waals surface area contributed by atoms with E-state index in [9.17, 15) is 17.6 Å². The summed E-state index contributed by atoms with van der Waals surface area (Å²) < 4.78 is 85.0. The molecule has 38 heavy (non-hydrogen) atoms. The Kier molecular flexibility index (Phi) is 7.39. The lowest BCUT2D eigenvalue weighted by molar-refractivity contribution is -0.155. The average Bonchev–Trinajstić information content (AvgIpc) is 3.38. The maximum Gasteiger partial charge on any atom is 0.401 e. The molecular formula is C28H32F6N4. The highest BCUT2D eigenvalue weighted by molar-refractivity contribution is 5.85. The molecule has 1 saturated heterocycles. The number of hydrogen-bond acceptors (Lipinski definition) is 3. The summed E-state index contributed by atoms with van der Waals surface area (Å²) in [5.41, 5.74) is 1.72. The van der Waals surface area contributed by atoms with Crippen molar-refractivity contribution in [2.75, 3.05) is 38.2 Å². The summed E-state index contributed by atoms with van der Waals surface area (Å²) >= 11 is 0. The first-order chi connectivity index (χ1) is 18.1. The highest BCUT2D eigenvalue weighted by Gasteiger charge is 2.44. The molecular weight excluding hydrogens is 506 g/mol. The lowest BCUT2D eigenvalue weighted by Gasteiger charge is -2.41. The van der Waals surface area contributed by atoms with Crippen molar-refractivity contribution >= 4 is 16.6 Å². The van der Waals surface area contributed by atoms with Crippen molar-refractivity contribution in [3.05, 3.63) is 64.9 Å². The number of benzene rings is 2. The van der Waals surface area contributed by atoms with Crippen LogP contribution in [0, 0.1) is 17.6 Å². The highest BCUT2D eigenvalue weighted by atomic mass is 19.4. The largest absolute Gasteiger partial charge is 0.401 e. The Balaban J connectivity index is 1.51. The van der Waals surface area contributed by atoms with Crippen LogP contribution < -0.4 is 5.32 Å². The smallest absolute Gasteiger partial charge is 0.381 e. The number of likely N-dealkylation sites (tertiary alicyclic amines) is 1. The molecule has 2 N–H and O–H groups in total. The number of fused-ring (bicyclic) bond motifs is 3. The average molecular weight is 539 g/mol. The Morgan fingerprint density at radius 2 is 1.76 bits per heavy atom. The lowest BCUT2D eigenvalue weighted by Crippen LogP contribution is -2.47. The molecule has 2 aliphatic rings. The van der Waals surface area contributed by atoms with Gasteiger partial charge >= 0.3 is 6.18 Å². The summed E-state index contributed by atoms with van der Waals surface area (Å²) in [5, 5.41) is 4.04. The van der Waals surface area contributed by atoms with Crippen LogP contribution in [0.25, 0.3) is 10.9 Å². The Morgan fingerprint density at radius 1 is 1.05 bits per heavy atom. The minimum absolute atomic E-state index is 0.0870. The Labute approximate surface area is 218 Å². The van der Waals surface area contributed by atoms with Crippen LogP contribution in [-0.2, 0) is 6.42 Å². The fourth-order valence-corrected chi connectivity index (χ4v) is 6.14. The minimum Gasteiger partial charge on any atom is -0.381 e. The predicted octanol–water partition coefficient (Wildman–Crippen LogP) is 6.44. The summed E-state index contributed by atoms with van der Waals surface area (Å²) in [6.45, 7) is 3.96.